The first kappa shape index (κ1) is 16.6. The maximum Gasteiger partial charge on any atom is 0.0730 e. The predicted octanol–water partition coefficient (Wildman–Crippen LogP) is 5.31. The molecule has 132 valence electrons. The van der Waals surface area contributed by atoms with Crippen molar-refractivity contribution in [1.29, 1.82) is 0 Å². The Labute approximate surface area is 151 Å². The van der Waals surface area contributed by atoms with Crippen molar-refractivity contribution in [3.8, 4) is 0 Å². The minimum absolute atomic E-state index is 0.679. The van der Waals surface area contributed by atoms with E-state index in [-0.39, 0.29) is 0 Å². The average molecular weight is 346 g/mol. The Balaban J connectivity index is 1.29. The minimum Gasteiger partial charge on any atom is -0.310 e. The molecule has 1 aromatic carbocycles. The van der Waals surface area contributed by atoms with Gasteiger partial charge in [-0.15, -0.1) is 0 Å². The van der Waals surface area contributed by atoms with Gasteiger partial charge in [-0.25, -0.2) is 0 Å². The normalized spacial score (nSPS) is 28.6. The molecule has 1 aliphatic carbocycles. The molecular formula is C20H31N3S. The van der Waals surface area contributed by atoms with Crippen LogP contribution in [-0.2, 0) is 0 Å². The van der Waals surface area contributed by atoms with E-state index in [1.54, 1.807) is 12.1 Å². The maximum absolute atomic E-state index is 3.47. The molecule has 3 nitrogen and oxygen atoms in total. The molecule has 0 atom stereocenters. The van der Waals surface area contributed by atoms with Crippen LogP contribution in [0.3, 0.4) is 0 Å². The van der Waals surface area contributed by atoms with Gasteiger partial charge in [0.1, 0.15) is 0 Å². The molecule has 3 aliphatic rings. The van der Waals surface area contributed by atoms with Crippen molar-refractivity contribution in [2.24, 2.45) is 5.92 Å². The van der Waals surface area contributed by atoms with Crippen molar-refractivity contribution in [3.05, 3.63) is 24.3 Å². The molecular weight excluding hydrogens is 314 g/mol. The second-order valence-corrected chi connectivity index (χ2v) is 8.55. The highest BCUT2D eigenvalue weighted by molar-refractivity contribution is 8.02. The highest BCUT2D eigenvalue weighted by atomic mass is 32.2. The molecule has 0 aromatic heterocycles. The molecule has 4 rings (SSSR count). The zero-order chi connectivity index (χ0) is 16.4. The van der Waals surface area contributed by atoms with Gasteiger partial charge in [0.05, 0.1) is 23.5 Å². The Bertz CT molecular complexity index is 533. The summed E-state index contributed by atoms with van der Waals surface area (Å²) in [5.74, 6) is 1.02. The molecule has 1 aromatic rings. The van der Waals surface area contributed by atoms with Gasteiger partial charge < -0.3 is 9.62 Å². The number of anilines is 2. The fourth-order valence-corrected chi connectivity index (χ4v) is 5.85. The molecule has 0 amide bonds. The first-order chi connectivity index (χ1) is 11.8. The number of likely N-dealkylation sites (tertiary alicyclic amines) is 1. The molecule has 2 fully saturated rings. The van der Waals surface area contributed by atoms with Gasteiger partial charge in [0.15, 0.2) is 0 Å². The van der Waals surface area contributed by atoms with Gasteiger partial charge in [0.25, 0.3) is 0 Å². The summed E-state index contributed by atoms with van der Waals surface area (Å²) in [6.45, 7) is 4.90. The fourth-order valence-electron chi connectivity index (χ4n) is 4.86. The summed E-state index contributed by atoms with van der Waals surface area (Å²) >= 11 is 1.79. The first-order valence-corrected chi connectivity index (χ1v) is 10.7. The van der Waals surface area contributed by atoms with E-state index < -0.39 is 0 Å². The number of nitrogens with zero attached hydrogens (tertiary/aromatic N) is 2. The Kier molecular flexibility index (Phi) is 5.23. The van der Waals surface area contributed by atoms with Crippen LogP contribution in [0.5, 0.6) is 0 Å². The summed E-state index contributed by atoms with van der Waals surface area (Å²) in [5.41, 5.74) is 2.65. The van der Waals surface area contributed by atoms with E-state index in [4.69, 9.17) is 0 Å². The van der Waals surface area contributed by atoms with Crippen molar-refractivity contribution in [3.63, 3.8) is 0 Å². The average Bonchev–Trinajstić information content (AvgIpc) is 3.07. The first-order valence-electron chi connectivity index (χ1n) is 9.90. The second kappa shape index (κ2) is 7.57. The molecule has 2 heterocycles. The van der Waals surface area contributed by atoms with E-state index in [0.717, 1.165) is 12.0 Å². The smallest absolute Gasteiger partial charge is 0.0730 e. The highest BCUT2D eigenvalue weighted by Gasteiger charge is 2.33. The maximum atomic E-state index is 3.47. The van der Waals surface area contributed by atoms with Crippen LogP contribution in [0.25, 0.3) is 0 Å². The van der Waals surface area contributed by atoms with Crippen LogP contribution in [0.15, 0.2) is 24.3 Å². The van der Waals surface area contributed by atoms with Crippen LogP contribution in [-0.4, -0.2) is 30.1 Å². The predicted molar refractivity (Wildman–Crippen MR) is 105 cm³/mol. The van der Waals surface area contributed by atoms with Gasteiger partial charge >= 0.3 is 0 Å². The third-order valence-electron chi connectivity index (χ3n) is 6.26. The third-order valence-corrected chi connectivity index (χ3v) is 7.26. The van der Waals surface area contributed by atoms with E-state index in [9.17, 15) is 0 Å². The van der Waals surface area contributed by atoms with Crippen molar-refractivity contribution in [2.45, 2.75) is 70.4 Å². The minimum atomic E-state index is 0.679. The SMILES string of the molecule is CCCC1CCC(N2CCC(N3SNc4ccccc43)CC2)CC1. The molecule has 1 saturated heterocycles. The Morgan fingerprint density at radius 3 is 2.50 bits per heavy atom. The van der Waals surface area contributed by atoms with Crippen LogP contribution < -0.4 is 9.03 Å². The van der Waals surface area contributed by atoms with Gasteiger partial charge in [-0.2, -0.15) is 0 Å². The Morgan fingerprint density at radius 1 is 1.00 bits per heavy atom. The zero-order valence-corrected chi connectivity index (χ0v) is 15.7. The van der Waals surface area contributed by atoms with Gasteiger partial charge in [-0.1, -0.05) is 31.9 Å². The summed E-state index contributed by atoms with van der Waals surface area (Å²) in [6, 6.07) is 10.3. The summed E-state index contributed by atoms with van der Waals surface area (Å²) in [7, 11) is 0. The van der Waals surface area contributed by atoms with Gasteiger partial charge in [-0.05, 0) is 56.6 Å². The number of para-hydroxylation sites is 2. The van der Waals surface area contributed by atoms with Crippen LogP contribution in [0.4, 0.5) is 11.4 Å². The molecule has 0 unspecified atom stereocenters. The lowest BCUT2D eigenvalue weighted by Gasteiger charge is -2.42. The lowest BCUT2D eigenvalue weighted by molar-refractivity contribution is 0.107. The molecule has 24 heavy (non-hydrogen) atoms. The molecule has 2 aliphatic heterocycles. The molecule has 1 saturated carbocycles. The summed E-state index contributed by atoms with van der Waals surface area (Å²) in [4.78, 5) is 2.80. The Hall–Kier alpha value is -0.870. The monoisotopic (exact) mass is 345 g/mol. The van der Waals surface area contributed by atoms with E-state index >= 15 is 0 Å². The van der Waals surface area contributed by atoms with Gasteiger partial charge in [0.2, 0.25) is 0 Å². The summed E-state index contributed by atoms with van der Waals surface area (Å²) < 4.78 is 5.99. The topological polar surface area (TPSA) is 18.5 Å². The van der Waals surface area contributed by atoms with Crippen molar-refractivity contribution in [2.75, 3.05) is 22.1 Å². The van der Waals surface area contributed by atoms with Crippen LogP contribution in [0.2, 0.25) is 0 Å². The third kappa shape index (κ3) is 3.41. The number of nitrogens with one attached hydrogen (secondary N) is 1. The number of fused-ring (bicyclic) bond motifs is 1. The standard InChI is InChI=1S/C20H31N3S/c1-2-5-16-8-10-17(11-9-16)22-14-12-18(13-15-22)23-20-7-4-3-6-19(20)21-24-23/h3-4,6-7,16-18,21H,2,5,8-15H2,1H3. The largest absolute Gasteiger partial charge is 0.310 e. The Morgan fingerprint density at radius 2 is 1.75 bits per heavy atom. The molecule has 1 N–H and O–H groups in total. The quantitative estimate of drug-likeness (QED) is 0.746. The lowest BCUT2D eigenvalue weighted by Crippen LogP contribution is -2.47. The van der Waals surface area contributed by atoms with E-state index in [1.165, 1.54) is 75.8 Å². The van der Waals surface area contributed by atoms with Crippen molar-refractivity contribution in [1.82, 2.24) is 4.90 Å². The lowest BCUT2D eigenvalue weighted by atomic mass is 9.82. The molecule has 0 spiro atoms. The van der Waals surface area contributed by atoms with E-state index in [0.29, 0.717) is 6.04 Å². The van der Waals surface area contributed by atoms with Gasteiger partial charge in [-0.3, -0.25) is 4.31 Å². The van der Waals surface area contributed by atoms with Crippen LogP contribution in [0.1, 0.15) is 58.3 Å². The number of rotatable bonds is 4. The summed E-state index contributed by atoms with van der Waals surface area (Å²) in [5, 5.41) is 0. The number of hydrogen-bond acceptors (Lipinski definition) is 4. The molecule has 0 radical (unpaired) electrons. The zero-order valence-electron chi connectivity index (χ0n) is 14.9. The number of piperidine rings is 1. The molecule has 4 heteroatoms. The second-order valence-electron chi connectivity index (χ2n) is 7.77. The van der Waals surface area contributed by atoms with Crippen LogP contribution in [0, 0.1) is 5.92 Å². The van der Waals surface area contributed by atoms with Crippen LogP contribution >= 0.6 is 12.1 Å². The van der Waals surface area contributed by atoms with Gasteiger partial charge in [0, 0.05) is 25.2 Å². The van der Waals surface area contributed by atoms with E-state index in [2.05, 4.69) is 45.1 Å². The molecule has 0 bridgehead atoms. The van der Waals surface area contributed by atoms with Crippen molar-refractivity contribution < 1.29 is 0 Å². The number of benzene rings is 1. The highest BCUT2D eigenvalue weighted by Crippen LogP contribution is 2.42. The number of hydrogen-bond donors (Lipinski definition) is 1. The summed E-state index contributed by atoms with van der Waals surface area (Å²) in [6.07, 6.45) is 11.2. The van der Waals surface area contributed by atoms with E-state index in [1.807, 2.05) is 0 Å². The van der Waals surface area contributed by atoms with Crippen molar-refractivity contribution >= 4 is 23.5 Å². The fraction of sp³-hybridized carbons (Fsp3) is 0.700.